The maximum atomic E-state index is 11.2. The quantitative estimate of drug-likeness (QED) is 0.455. The fourth-order valence-corrected chi connectivity index (χ4v) is 3.05. The first-order chi connectivity index (χ1) is 12.6. The molecule has 26 heavy (non-hydrogen) atoms. The van der Waals surface area contributed by atoms with Crippen molar-refractivity contribution in [3.63, 3.8) is 0 Å². The van der Waals surface area contributed by atoms with Gasteiger partial charge in [0.1, 0.15) is 24.4 Å². The number of aliphatic hydroxyl groups excluding tert-OH is 1. The highest BCUT2D eigenvalue weighted by Crippen LogP contribution is 2.18. The maximum absolute atomic E-state index is 11.2. The van der Waals surface area contributed by atoms with E-state index in [9.17, 15) is 9.90 Å². The first-order valence-corrected chi connectivity index (χ1v) is 9.05. The van der Waals surface area contributed by atoms with Gasteiger partial charge in [0.25, 0.3) is 0 Å². The van der Waals surface area contributed by atoms with E-state index >= 15 is 0 Å². The molecule has 1 N–H and O–H groups in total. The number of aromatic nitrogens is 3. The number of hydrogen-bond donors (Lipinski definition) is 1. The Labute approximate surface area is 155 Å². The van der Waals surface area contributed by atoms with Gasteiger partial charge in [0.15, 0.2) is 10.9 Å². The highest BCUT2D eigenvalue weighted by Gasteiger charge is 2.12. The standard InChI is InChI=1S/C18H19N3O4S/c1-13(22)14-4-6-16(7-5-14)25-10-15(23)11-26-18-20-19-12-21(18)9-17-3-2-8-24-17/h2-8,12,15,23H,9-11H2,1H3. The van der Waals surface area contributed by atoms with E-state index in [2.05, 4.69) is 10.2 Å². The molecule has 2 heterocycles. The fourth-order valence-electron chi connectivity index (χ4n) is 2.23. The zero-order valence-corrected chi connectivity index (χ0v) is 15.1. The number of aliphatic hydroxyl groups is 1. The van der Waals surface area contributed by atoms with Gasteiger partial charge in [-0.2, -0.15) is 0 Å². The molecule has 0 amide bonds. The smallest absolute Gasteiger partial charge is 0.191 e. The molecular formula is C18H19N3O4S. The van der Waals surface area contributed by atoms with Gasteiger partial charge >= 0.3 is 0 Å². The summed E-state index contributed by atoms with van der Waals surface area (Å²) in [7, 11) is 0. The van der Waals surface area contributed by atoms with Crippen molar-refractivity contribution in [1.82, 2.24) is 14.8 Å². The number of rotatable bonds is 9. The zero-order valence-electron chi connectivity index (χ0n) is 14.2. The minimum Gasteiger partial charge on any atom is -0.491 e. The Balaban J connectivity index is 1.46. The van der Waals surface area contributed by atoms with E-state index in [0.29, 0.717) is 28.8 Å². The van der Waals surface area contributed by atoms with Crippen LogP contribution in [0.2, 0.25) is 0 Å². The largest absolute Gasteiger partial charge is 0.491 e. The number of Topliss-reactive ketones (excluding diaryl/α,β-unsaturated/α-hetero) is 1. The molecule has 0 radical (unpaired) electrons. The van der Waals surface area contributed by atoms with Gasteiger partial charge in [0.05, 0.1) is 18.9 Å². The van der Waals surface area contributed by atoms with Crippen LogP contribution < -0.4 is 4.74 Å². The second-order valence-electron chi connectivity index (χ2n) is 5.68. The highest BCUT2D eigenvalue weighted by atomic mass is 32.2. The molecule has 1 aromatic carbocycles. The minimum atomic E-state index is -0.666. The molecule has 2 aromatic heterocycles. The molecule has 3 aromatic rings. The van der Waals surface area contributed by atoms with Crippen molar-refractivity contribution in [3.05, 3.63) is 60.3 Å². The van der Waals surface area contributed by atoms with Crippen LogP contribution in [-0.4, -0.2) is 44.1 Å². The van der Waals surface area contributed by atoms with Gasteiger partial charge in [-0.3, -0.25) is 4.79 Å². The number of furan rings is 1. The number of carbonyl (C=O) groups excluding carboxylic acids is 1. The van der Waals surface area contributed by atoms with Crippen molar-refractivity contribution < 1.29 is 19.1 Å². The molecular weight excluding hydrogens is 354 g/mol. The summed E-state index contributed by atoms with van der Waals surface area (Å²) in [6.45, 7) is 2.21. The van der Waals surface area contributed by atoms with Crippen LogP contribution in [0.4, 0.5) is 0 Å². The molecule has 0 aliphatic carbocycles. The Morgan fingerprint density at radius 3 is 2.85 bits per heavy atom. The van der Waals surface area contributed by atoms with Crippen LogP contribution in [0, 0.1) is 0 Å². The topological polar surface area (TPSA) is 90.4 Å². The number of ketones is 1. The fraction of sp³-hybridized carbons (Fsp3) is 0.278. The number of hydrogen-bond acceptors (Lipinski definition) is 7. The van der Waals surface area contributed by atoms with Crippen LogP contribution >= 0.6 is 11.8 Å². The number of ether oxygens (including phenoxy) is 1. The lowest BCUT2D eigenvalue weighted by molar-refractivity contribution is 0.101. The SMILES string of the molecule is CC(=O)c1ccc(OCC(O)CSc2nncn2Cc2ccco2)cc1. The van der Waals surface area contributed by atoms with Gasteiger partial charge in [-0.05, 0) is 43.3 Å². The Kier molecular flexibility index (Phi) is 6.08. The second kappa shape index (κ2) is 8.68. The summed E-state index contributed by atoms with van der Waals surface area (Å²) in [6.07, 6.45) is 2.59. The minimum absolute atomic E-state index is 0.00615. The van der Waals surface area contributed by atoms with E-state index < -0.39 is 6.10 Å². The van der Waals surface area contributed by atoms with Crippen molar-refractivity contribution >= 4 is 17.5 Å². The van der Waals surface area contributed by atoms with Crippen LogP contribution in [0.25, 0.3) is 0 Å². The molecule has 0 fully saturated rings. The van der Waals surface area contributed by atoms with E-state index in [1.165, 1.54) is 18.7 Å². The zero-order chi connectivity index (χ0) is 18.4. The van der Waals surface area contributed by atoms with Crippen LogP contribution in [0.5, 0.6) is 5.75 Å². The number of nitrogens with zero attached hydrogens (tertiary/aromatic N) is 3. The highest BCUT2D eigenvalue weighted by molar-refractivity contribution is 7.99. The number of thioether (sulfide) groups is 1. The summed E-state index contributed by atoms with van der Waals surface area (Å²) >= 11 is 1.40. The Bertz CT molecular complexity index is 831. The van der Waals surface area contributed by atoms with E-state index in [0.717, 1.165) is 5.76 Å². The third-order valence-electron chi connectivity index (χ3n) is 3.59. The van der Waals surface area contributed by atoms with Crippen molar-refractivity contribution in [2.75, 3.05) is 12.4 Å². The summed E-state index contributed by atoms with van der Waals surface area (Å²) in [4.78, 5) is 11.2. The third-order valence-corrected chi connectivity index (χ3v) is 4.72. The van der Waals surface area contributed by atoms with E-state index in [1.807, 2.05) is 16.7 Å². The van der Waals surface area contributed by atoms with Gasteiger partial charge < -0.3 is 18.8 Å². The van der Waals surface area contributed by atoms with E-state index in [1.54, 1.807) is 36.9 Å². The van der Waals surface area contributed by atoms with Gasteiger partial charge in [-0.15, -0.1) is 10.2 Å². The average molecular weight is 373 g/mol. The average Bonchev–Trinajstić information content (AvgIpc) is 3.31. The summed E-state index contributed by atoms with van der Waals surface area (Å²) in [5, 5.41) is 18.8. The van der Waals surface area contributed by atoms with Gasteiger partial charge in [0.2, 0.25) is 0 Å². The Morgan fingerprint density at radius 1 is 1.35 bits per heavy atom. The van der Waals surface area contributed by atoms with Crippen molar-refractivity contribution in [1.29, 1.82) is 0 Å². The molecule has 7 nitrogen and oxygen atoms in total. The predicted octanol–water partition coefficient (Wildman–Crippen LogP) is 2.65. The summed E-state index contributed by atoms with van der Waals surface area (Å²) in [6, 6.07) is 10.6. The Morgan fingerprint density at radius 2 is 2.15 bits per heavy atom. The van der Waals surface area contributed by atoms with Crippen molar-refractivity contribution in [3.8, 4) is 5.75 Å². The first-order valence-electron chi connectivity index (χ1n) is 8.06. The molecule has 0 saturated carbocycles. The van der Waals surface area contributed by atoms with Crippen LogP contribution in [-0.2, 0) is 6.54 Å². The first kappa shape index (κ1) is 18.2. The second-order valence-corrected chi connectivity index (χ2v) is 6.66. The Hall–Kier alpha value is -2.58. The monoisotopic (exact) mass is 373 g/mol. The lowest BCUT2D eigenvalue weighted by Gasteiger charge is -2.12. The lowest BCUT2D eigenvalue weighted by atomic mass is 10.1. The number of carbonyl (C=O) groups is 1. The molecule has 3 rings (SSSR count). The van der Waals surface area contributed by atoms with Crippen molar-refractivity contribution in [2.45, 2.75) is 24.7 Å². The summed E-state index contributed by atoms with van der Waals surface area (Å²) < 4.78 is 12.7. The van der Waals surface area contributed by atoms with Crippen LogP contribution in [0.1, 0.15) is 23.0 Å². The predicted molar refractivity (Wildman–Crippen MR) is 96.5 cm³/mol. The molecule has 0 aliphatic heterocycles. The number of benzene rings is 1. The van der Waals surface area contributed by atoms with Gasteiger partial charge in [0, 0.05) is 11.3 Å². The lowest BCUT2D eigenvalue weighted by Crippen LogP contribution is -2.20. The van der Waals surface area contributed by atoms with Gasteiger partial charge in [-0.25, -0.2) is 0 Å². The maximum Gasteiger partial charge on any atom is 0.191 e. The van der Waals surface area contributed by atoms with E-state index in [4.69, 9.17) is 9.15 Å². The van der Waals surface area contributed by atoms with Crippen LogP contribution in [0.15, 0.2) is 58.6 Å². The molecule has 136 valence electrons. The van der Waals surface area contributed by atoms with Gasteiger partial charge in [-0.1, -0.05) is 11.8 Å². The molecule has 1 atom stereocenters. The van der Waals surface area contributed by atoms with Crippen molar-refractivity contribution in [2.24, 2.45) is 0 Å². The third kappa shape index (κ3) is 4.96. The summed E-state index contributed by atoms with van der Waals surface area (Å²) in [5.41, 5.74) is 0.629. The van der Waals surface area contributed by atoms with Crippen LogP contribution in [0.3, 0.4) is 0 Å². The molecule has 8 heteroatoms. The molecule has 0 spiro atoms. The van der Waals surface area contributed by atoms with E-state index in [-0.39, 0.29) is 12.4 Å². The molecule has 0 aliphatic rings. The normalized spacial score (nSPS) is 12.1. The molecule has 0 bridgehead atoms. The molecule has 0 saturated heterocycles. The molecule has 1 unspecified atom stereocenters. The summed E-state index contributed by atoms with van der Waals surface area (Å²) in [5.74, 6) is 1.85.